The number of aromatic nitrogens is 2. The monoisotopic (exact) mass is 262 g/mol. The molecule has 0 aliphatic heterocycles. The van der Waals surface area contributed by atoms with Crippen LogP contribution < -0.4 is 14.2 Å². The zero-order chi connectivity index (χ0) is 13.7. The number of aliphatic hydroxyl groups is 1. The fourth-order valence-corrected chi connectivity index (χ4v) is 1.45. The molecule has 0 amide bonds. The molecule has 0 saturated carbocycles. The molecule has 2 rings (SSSR count). The van der Waals surface area contributed by atoms with Crippen molar-refractivity contribution in [1.82, 2.24) is 9.97 Å². The predicted molar refractivity (Wildman–Crippen MR) is 67.6 cm³/mol. The minimum atomic E-state index is -0.0561. The van der Waals surface area contributed by atoms with Crippen LogP contribution in [0.2, 0.25) is 0 Å². The zero-order valence-electron chi connectivity index (χ0n) is 10.7. The van der Waals surface area contributed by atoms with E-state index in [0.717, 1.165) is 5.56 Å². The average Bonchev–Trinajstić information content (AvgIpc) is 2.47. The summed E-state index contributed by atoms with van der Waals surface area (Å²) >= 11 is 0. The summed E-state index contributed by atoms with van der Waals surface area (Å²) < 4.78 is 15.6. The predicted octanol–water partition coefficient (Wildman–Crippen LogP) is 1.78. The molecule has 1 aromatic heterocycles. The van der Waals surface area contributed by atoms with Crippen LogP contribution in [0.3, 0.4) is 0 Å². The van der Waals surface area contributed by atoms with Gasteiger partial charge in [-0.25, -0.2) is 0 Å². The van der Waals surface area contributed by atoms with Gasteiger partial charge in [0.05, 0.1) is 26.9 Å². The van der Waals surface area contributed by atoms with E-state index in [1.54, 1.807) is 30.3 Å². The van der Waals surface area contributed by atoms with E-state index in [0.29, 0.717) is 17.5 Å². The van der Waals surface area contributed by atoms with Gasteiger partial charge >= 0.3 is 6.01 Å². The number of nitrogens with zero attached hydrogens (tertiary/aromatic N) is 2. The first-order valence-corrected chi connectivity index (χ1v) is 5.60. The molecule has 0 radical (unpaired) electrons. The van der Waals surface area contributed by atoms with E-state index in [-0.39, 0.29) is 12.6 Å². The lowest BCUT2D eigenvalue weighted by Crippen LogP contribution is -1.98. The highest BCUT2D eigenvalue weighted by atomic mass is 16.5. The highest BCUT2D eigenvalue weighted by Gasteiger charge is 2.07. The van der Waals surface area contributed by atoms with Crippen LogP contribution in [0, 0.1) is 0 Å². The number of ether oxygens (including phenoxy) is 3. The Hall–Kier alpha value is -2.34. The Morgan fingerprint density at radius 2 is 1.74 bits per heavy atom. The summed E-state index contributed by atoms with van der Waals surface area (Å²) in [6.45, 7) is -0.0561. The molecule has 0 bridgehead atoms. The molecule has 0 aliphatic carbocycles. The second-order valence-corrected chi connectivity index (χ2v) is 3.64. The molecule has 19 heavy (non-hydrogen) atoms. The fourth-order valence-electron chi connectivity index (χ4n) is 1.45. The van der Waals surface area contributed by atoms with E-state index < -0.39 is 0 Å². The normalized spacial score (nSPS) is 10.1. The first-order valence-electron chi connectivity index (χ1n) is 5.60. The first-order chi connectivity index (χ1) is 9.25. The molecule has 0 atom stereocenters. The Kier molecular flexibility index (Phi) is 4.15. The van der Waals surface area contributed by atoms with Gasteiger partial charge in [-0.3, -0.25) is 0 Å². The number of methoxy groups -OCH3 is 2. The summed E-state index contributed by atoms with van der Waals surface area (Å²) in [4.78, 5) is 8.11. The molecule has 2 aromatic rings. The van der Waals surface area contributed by atoms with Gasteiger partial charge < -0.3 is 19.3 Å². The second-order valence-electron chi connectivity index (χ2n) is 3.64. The summed E-state index contributed by atoms with van der Waals surface area (Å²) in [5, 5.41) is 9.07. The number of rotatable bonds is 5. The maximum Gasteiger partial charge on any atom is 0.328 e. The van der Waals surface area contributed by atoms with Gasteiger partial charge in [0.1, 0.15) is 5.75 Å². The summed E-state index contributed by atoms with van der Waals surface area (Å²) in [5.41, 5.74) is 0.743. The van der Waals surface area contributed by atoms with Crippen molar-refractivity contribution in [3.8, 4) is 23.5 Å². The minimum absolute atomic E-state index is 0.0561. The van der Waals surface area contributed by atoms with Crippen molar-refractivity contribution in [2.45, 2.75) is 6.61 Å². The van der Waals surface area contributed by atoms with E-state index >= 15 is 0 Å². The molecule has 0 spiro atoms. The Morgan fingerprint density at radius 1 is 1.05 bits per heavy atom. The Labute approximate surface area is 110 Å². The van der Waals surface area contributed by atoms with E-state index in [9.17, 15) is 0 Å². The van der Waals surface area contributed by atoms with Gasteiger partial charge in [0.25, 0.3) is 0 Å². The van der Waals surface area contributed by atoms with Crippen molar-refractivity contribution < 1.29 is 19.3 Å². The highest BCUT2D eigenvalue weighted by molar-refractivity contribution is 5.31. The van der Waals surface area contributed by atoms with Crippen LogP contribution in [0.5, 0.6) is 23.5 Å². The van der Waals surface area contributed by atoms with Crippen molar-refractivity contribution >= 4 is 0 Å². The van der Waals surface area contributed by atoms with Gasteiger partial charge in [-0.15, -0.1) is 0 Å². The standard InChI is InChI=1S/C13H14N2O4/c1-17-11-7-12(18-2)15-13(14-11)19-10-5-3-4-9(6-10)8-16/h3-7,16H,8H2,1-2H3. The van der Waals surface area contributed by atoms with Gasteiger partial charge in [-0.05, 0) is 17.7 Å². The molecule has 100 valence electrons. The number of hydrogen-bond donors (Lipinski definition) is 1. The highest BCUT2D eigenvalue weighted by Crippen LogP contribution is 2.24. The number of benzene rings is 1. The topological polar surface area (TPSA) is 73.7 Å². The summed E-state index contributed by atoms with van der Waals surface area (Å²) in [6, 6.07) is 8.69. The van der Waals surface area contributed by atoms with Crippen LogP contribution >= 0.6 is 0 Å². The third-order valence-electron chi connectivity index (χ3n) is 2.37. The minimum Gasteiger partial charge on any atom is -0.481 e. The fraction of sp³-hybridized carbons (Fsp3) is 0.231. The molecule has 6 heteroatoms. The smallest absolute Gasteiger partial charge is 0.328 e. The van der Waals surface area contributed by atoms with Crippen LogP contribution in [-0.2, 0) is 6.61 Å². The third kappa shape index (κ3) is 3.32. The molecular formula is C13H14N2O4. The van der Waals surface area contributed by atoms with Crippen molar-refractivity contribution in [2.75, 3.05) is 14.2 Å². The zero-order valence-corrected chi connectivity index (χ0v) is 10.7. The molecule has 0 unspecified atom stereocenters. The lowest BCUT2D eigenvalue weighted by Gasteiger charge is -2.08. The van der Waals surface area contributed by atoms with Gasteiger partial charge in [0.15, 0.2) is 0 Å². The molecule has 1 aromatic carbocycles. The van der Waals surface area contributed by atoms with Gasteiger partial charge in [0.2, 0.25) is 11.8 Å². The average molecular weight is 262 g/mol. The number of aliphatic hydroxyl groups excluding tert-OH is 1. The summed E-state index contributed by atoms with van der Waals surface area (Å²) in [5.74, 6) is 1.22. The van der Waals surface area contributed by atoms with Crippen molar-refractivity contribution in [3.05, 3.63) is 35.9 Å². The van der Waals surface area contributed by atoms with Crippen LogP contribution in [-0.4, -0.2) is 29.3 Å². The van der Waals surface area contributed by atoms with Crippen LogP contribution in [0.4, 0.5) is 0 Å². The maximum absolute atomic E-state index is 9.07. The SMILES string of the molecule is COc1cc(OC)nc(Oc2cccc(CO)c2)n1. The molecule has 6 nitrogen and oxygen atoms in total. The van der Waals surface area contributed by atoms with E-state index in [1.165, 1.54) is 14.2 Å². The van der Waals surface area contributed by atoms with Crippen LogP contribution in [0.25, 0.3) is 0 Å². The first kappa shape index (κ1) is 13.1. The largest absolute Gasteiger partial charge is 0.481 e. The molecule has 0 saturated heterocycles. The lowest BCUT2D eigenvalue weighted by atomic mass is 10.2. The lowest BCUT2D eigenvalue weighted by molar-refractivity contribution is 0.281. The molecular weight excluding hydrogens is 248 g/mol. The van der Waals surface area contributed by atoms with Crippen molar-refractivity contribution in [3.63, 3.8) is 0 Å². The number of hydrogen-bond acceptors (Lipinski definition) is 6. The van der Waals surface area contributed by atoms with Crippen molar-refractivity contribution in [1.29, 1.82) is 0 Å². The Balaban J connectivity index is 2.26. The van der Waals surface area contributed by atoms with E-state index in [1.807, 2.05) is 0 Å². The van der Waals surface area contributed by atoms with Gasteiger partial charge in [-0.1, -0.05) is 12.1 Å². The maximum atomic E-state index is 9.07. The van der Waals surface area contributed by atoms with Crippen LogP contribution in [0.1, 0.15) is 5.56 Å². The molecule has 0 aliphatic rings. The van der Waals surface area contributed by atoms with Gasteiger partial charge in [0, 0.05) is 0 Å². The van der Waals surface area contributed by atoms with Crippen LogP contribution in [0.15, 0.2) is 30.3 Å². The van der Waals surface area contributed by atoms with E-state index in [2.05, 4.69) is 9.97 Å². The van der Waals surface area contributed by atoms with Gasteiger partial charge in [-0.2, -0.15) is 9.97 Å². The molecule has 0 fully saturated rings. The summed E-state index contributed by atoms with van der Waals surface area (Å²) in [6.07, 6.45) is 0. The van der Waals surface area contributed by atoms with Crippen molar-refractivity contribution in [2.24, 2.45) is 0 Å². The Bertz CT molecular complexity index is 538. The molecule has 1 N–H and O–H groups in total. The molecule has 1 heterocycles. The quantitative estimate of drug-likeness (QED) is 0.885. The summed E-state index contributed by atoms with van der Waals surface area (Å²) in [7, 11) is 3.00. The second kappa shape index (κ2) is 6.01. The van der Waals surface area contributed by atoms with E-state index in [4.69, 9.17) is 19.3 Å². The Morgan fingerprint density at radius 3 is 2.32 bits per heavy atom. The third-order valence-corrected chi connectivity index (χ3v) is 2.37.